The zero-order valence-electron chi connectivity index (χ0n) is 15.3. The van der Waals surface area contributed by atoms with Gasteiger partial charge >= 0.3 is 12.1 Å². The zero-order valence-corrected chi connectivity index (χ0v) is 15.3. The molecule has 0 saturated heterocycles. The molecule has 0 amide bonds. The molecule has 3 aromatic rings. The third-order valence-corrected chi connectivity index (χ3v) is 3.93. The summed E-state index contributed by atoms with van der Waals surface area (Å²) in [6.07, 6.45) is -1.20. The van der Waals surface area contributed by atoms with E-state index in [2.05, 4.69) is 10.1 Å². The van der Waals surface area contributed by atoms with Crippen LogP contribution >= 0.6 is 0 Å². The van der Waals surface area contributed by atoms with Crippen LogP contribution in [-0.2, 0) is 11.3 Å². The van der Waals surface area contributed by atoms with Crippen molar-refractivity contribution in [3.05, 3.63) is 53.5 Å². The first kappa shape index (κ1) is 19.7. The normalized spacial score (nSPS) is 11.6. The molecule has 0 aliphatic rings. The van der Waals surface area contributed by atoms with E-state index in [4.69, 9.17) is 9.47 Å². The molecule has 0 radical (unpaired) electrons. The number of ether oxygens (including phenoxy) is 2. The highest BCUT2D eigenvalue weighted by Gasteiger charge is 2.28. The van der Waals surface area contributed by atoms with Crippen molar-refractivity contribution in [1.29, 1.82) is 0 Å². The van der Waals surface area contributed by atoms with Crippen molar-refractivity contribution in [3.63, 3.8) is 0 Å². The molecular formula is C19H18F3N3O3. The number of rotatable bonds is 6. The lowest BCUT2D eigenvalue weighted by Crippen LogP contribution is -2.19. The molecule has 0 spiro atoms. The van der Waals surface area contributed by atoms with Gasteiger partial charge in [-0.15, -0.1) is 0 Å². The summed E-state index contributed by atoms with van der Waals surface area (Å²) in [5, 5.41) is 4.99. The van der Waals surface area contributed by atoms with Crippen molar-refractivity contribution < 1.29 is 27.4 Å². The molecular weight excluding hydrogens is 375 g/mol. The highest BCUT2D eigenvalue weighted by molar-refractivity contribution is 6.01. The van der Waals surface area contributed by atoms with Gasteiger partial charge in [0.25, 0.3) is 0 Å². The topological polar surface area (TPSA) is 66.2 Å². The Morgan fingerprint density at radius 3 is 2.71 bits per heavy atom. The number of aryl methyl sites for hydroxylation is 1. The smallest absolute Gasteiger partial charge is 0.422 e. The maximum absolute atomic E-state index is 12.3. The van der Waals surface area contributed by atoms with Gasteiger partial charge in [-0.2, -0.15) is 18.3 Å². The van der Waals surface area contributed by atoms with Crippen LogP contribution < -0.4 is 4.74 Å². The number of hydrogen-bond donors (Lipinski definition) is 0. The summed E-state index contributed by atoms with van der Waals surface area (Å²) < 4.78 is 48.4. The van der Waals surface area contributed by atoms with E-state index in [1.807, 2.05) is 0 Å². The monoisotopic (exact) mass is 393 g/mol. The van der Waals surface area contributed by atoms with E-state index in [9.17, 15) is 18.0 Å². The third kappa shape index (κ3) is 4.59. The Kier molecular flexibility index (Phi) is 5.53. The van der Waals surface area contributed by atoms with E-state index >= 15 is 0 Å². The first-order valence-electron chi connectivity index (χ1n) is 8.55. The Morgan fingerprint density at radius 2 is 2.04 bits per heavy atom. The van der Waals surface area contributed by atoms with Crippen LogP contribution in [0, 0.1) is 6.92 Å². The quantitative estimate of drug-likeness (QED) is 0.594. The van der Waals surface area contributed by atoms with Gasteiger partial charge in [0, 0.05) is 12.4 Å². The molecule has 0 N–H and O–H groups in total. The third-order valence-electron chi connectivity index (χ3n) is 3.93. The Bertz CT molecular complexity index is 999. The molecule has 2 heterocycles. The van der Waals surface area contributed by atoms with E-state index in [1.54, 1.807) is 42.9 Å². The van der Waals surface area contributed by atoms with E-state index in [-0.39, 0.29) is 18.1 Å². The fraction of sp³-hybridized carbons (Fsp3) is 0.316. The number of pyridine rings is 1. The maximum Gasteiger partial charge on any atom is 0.422 e. The first-order valence-corrected chi connectivity index (χ1v) is 8.55. The van der Waals surface area contributed by atoms with E-state index < -0.39 is 18.8 Å². The van der Waals surface area contributed by atoms with Gasteiger partial charge in [0.15, 0.2) is 12.3 Å². The number of halogens is 3. The summed E-state index contributed by atoms with van der Waals surface area (Å²) in [5.74, 6) is -0.338. The van der Waals surface area contributed by atoms with Crippen LogP contribution in [0.1, 0.15) is 28.5 Å². The van der Waals surface area contributed by atoms with Gasteiger partial charge in [-0.1, -0.05) is 12.1 Å². The van der Waals surface area contributed by atoms with E-state index in [1.165, 1.54) is 12.3 Å². The minimum atomic E-state index is -4.38. The molecule has 0 saturated carbocycles. The molecule has 0 bridgehead atoms. The molecule has 148 valence electrons. The van der Waals surface area contributed by atoms with Crippen molar-refractivity contribution in [3.8, 4) is 5.75 Å². The predicted molar refractivity (Wildman–Crippen MR) is 95.3 cm³/mol. The molecule has 1 aromatic carbocycles. The molecule has 2 aromatic heterocycles. The lowest BCUT2D eigenvalue weighted by atomic mass is 10.1. The number of carbonyl (C=O) groups excluding carboxylic acids is 1. The van der Waals surface area contributed by atoms with Crippen molar-refractivity contribution in [2.24, 2.45) is 0 Å². The number of aromatic nitrogens is 3. The van der Waals surface area contributed by atoms with Crippen LogP contribution in [0.15, 0.2) is 36.7 Å². The summed E-state index contributed by atoms with van der Waals surface area (Å²) in [7, 11) is 0. The Balaban J connectivity index is 1.80. The Morgan fingerprint density at radius 1 is 1.25 bits per heavy atom. The summed E-state index contributed by atoms with van der Waals surface area (Å²) >= 11 is 0. The van der Waals surface area contributed by atoms with Gasteiger partial charge in [-0.05, 0) is 37.1 Å². The zero-order chi connectivity index (χ0) is 20.3. The average Bonchev–Trinajstić information content (AvgIpc) is 3.02. The van der Waals surface area contributed by atoms with Gasteiger partial charge in [0.05, 0.1) is 24.1 Å². The number of fused-ring (bicyclic) bond motifs is 1. The molecule has 6 nitrogen and oxygen atoms in total. The SMILES string of the molecule is CCOC(=O)c1nccc2nn(Cc3ccc(OCC(F)(F)F)c(C)c3)cc12. The second-order valence-electron chi connectivity index (χ2n) is 6.14. The summed E-state index contributed by atoms with van der Waals surface area (Å²) in [6.45, 7) is 2.68. The van der Waals surface area contributed by atoms with Gasteiger partial charge in [0.1, 0.15) is 5.75 Å². The number of hydrogen-bond acceptors (Lipinski definition) is 5. The average molecular weight is 393 g/mol. The van der Waals surface area contributed by atoms with Crippen molar-refractivity contribution in [2.75, 3.05) is 13.2 Å². The van der Waals surface area contributed by atoms with Gasteiger partial charge < -0.3 is 9.47 Å². The minimum absolute atomic E-state index is 0.181. The Hall–Kier alpha value is -3.10. The molecule has 0 atom stereocenters. The molecule has 28 heavy (non-hydrogen) atoms. The van der Waals surface area contributed by atoms with E-state index in [0.29, 0.717) is 23.0 Å². The van der Waals surface area contributed by atoms with Crippen molar-refractivity contribution in [2.45, 2.75) is 26.6 Å². The van der Waals surface area contributed by atoms with E-state index in [0.717, 1.165) is 5.56 Å². The second kappa shape index (κ2) is 7.87. The fourth-order valence-electron chi connectivity index (χ4n) is 2.76. The summed E-state index contributed by atoms with van der Waals surface area (Å²) in [5.41, 5.74) is 2.21. The van der Waals surface area contributed by atoms with Crippen LogP contribution in [-0.4, -0.2) is 40.1 Å². The van der Waals surface area contributed by atoms with Crippen molar-refractivity contribution >= 4 is 16.9 Å². The van der Waals surface area contributed by atoms with Gasteiger partial charge in [-0.3, -0.25) is 4.68 Å². The van der Waals surface area contributed by atoms with Gasteiger partial charge in [-0.25, -0.2) is 9.78 Å². The molecule has 0 aliphatic heterocycles. The largest absolute Gasteiger partial charge is 0.484 e. The molecule has 3 rings (SSSR count). The van der Waals surface area contributed by atoms with Crippen LogP contribution in [0.4, 0.5) is 13.2 Å². The highest BCUT2D eigenvalue weighted by Crippen LogP contribution is 2.24. The van der Waals surface area contributed by atoms with Crippen LogP contribution in [0.2, 0.25) is 0 Å². The maximum atomic E-state index is 12.3. The van der Waals surface area contributed by atoms with Crippen LogP contribution in [0.25, 0.3) is 10.9 Å². The lowest BCUT2D eigenvalue weighted by molar-refractivity contribution is -0.153. The van der Waals surface area contributed by atoms with Crippen LogP contribution in [0.3, 0.4) is 0 Å². The molecule has 0 aliphatic carbocycles. The Labute approximate surface area is 158 Å². The number of alkyl halides is 3. The molecule has 9 heteroatoms. The van der Waals surface area contributed by atoms with Crippen molar-refractivity contribution in [1.82, 2.24) is 14.8 Å². The number of nitrogens with zero attached hydrogens (tertiary/aromatic N) is 3. The number of carbonyl (C=O) groups is 1. The molecule has 0 unspecified atom stereocenters. The predicted octanol–water partition coefficient (Wildman–Crippen LogP) is 3.91. The fourth-order valence-corrected chi connectivity index (χ4v) is 2.76. The second-order valence-corrected chi connectivity index (χ2v) is 6.14. The number of benzene rings is 1. The first-order chi connectivity index (χ1) is 13.3. The summed E-state index contributed by atoms with van der Waals surface area (Å²) in [6, 6.07) is 6.61. The standard InChI is InChI=1S/C19H18F3N3O3/c1-3-27-18(26)17-14-10-25(24-15(14)6-7-23-17)9-13-4-5-16(12(2)8-13)28-11-19(20,21)22/h4-8,10H,3,9,11H2,1-2H3. The molecule has 0 fully saturated rings. The lowest BCUT2D eigenvalue weighted by Gasteiger charge is -2.12. The summed E-state index contributed by atoms with van der Waals surface area (Å²) in [4.78, 5) is 16.1. The van der Waals surface area contributed by atoms with Gasteiger partial charge in [0.2, 0.25) is 0 Å². The highest BCUT2D eigenvalue weighted by atomic mass is 19.4. The number of esters is 1. The van der Waals surface area contributed by atoms with Crippen LogP contribution in [0.5, 0.6) is 5.75 Å². The minimum Gasteiger partial charge on any atom is -0.484 e.